The lowest BCUT2D eigenvalue weighted by Crippen LogP contribution is -2.38. The van der Waals surface area contributed by atoms with E-state index in [-0.39, 0.29) is 5.91 Å². The van der Waals surface area contributed by atoms with Crippen LogP contribution in [0.15, 0.2) is 39.7 Å². The molecular formula is C18H18N2O4S. The molecule has 4 rings (SSSR count). The number of hydrogen-bond donors (Lipinski definition) is 0. The number of hydrogen-bond acceptors (Lipinski definition) is 6. The first kappa shape index (κ1) is 16.2. The van der Waals surface area contributed by atoms with Crippen LogP contribution in [-0.4, -0.2) is 56.0 Å². The maximum atomic E-state index is 12.2. The number of fused-ring (bicyclic) bond motifs is 1. The predicted octanol–water partition coefficient (Wildman–Crippen LogP) is 2.32. The number of benzene rings is 1. The number of methoxy groups -OCH3 is 1. The number of morpholine rings is 1. The zero-order valence-electron chi connectivity index (χ0n) is 13.9. The minimum absolute atomic E-state index is 0.191. The third-order valence-electron chi connectivity index (χ3n) is 4.16. The number of thioether (sulfide) groups is 1. The number of para-hydroxylation sites is 1. The number of nitrogens with zero attached hydrogens (tertiary/aromatic N) is 2. The molecule has 3 heterocycles. The van der Waals surface area contributed by atoms with E-state index in [1.54, 1.807) is 7.11 Å². The lowest BCUT2D eigenvalue weighted by molar-refractivity contribution is -0.113. The Bertz CT molecular complexity index is 794. The molecule has 25 heavy (non-hydrogen) atoms. The fraction of sp³-hybridized carbons (Fsp3) is 0.333. The van der Waals surface area contributed by atoms with E-state index in [2.05, 4.69) is 9.89 Å². The fourth-order valence-corrected chi connectivity index (χ4v) is 3.88. The van der Waals surface area contributed by atoms with Gasteiger partial charge in [-0.25, -0.2) is 0 Å². The Hall–Kier alpha value is -2.25. The summed E-state index contributed by atoms with van der Waals surface area (Å²) < 4.78 is 16.5. The average Bonchev–Trinajstić information content (AvgIpc) is 3.02. The van der Waals surface area contributed by atoms with Gasteiger partial charge in [0.25, 0.3) is 5.91 Å². The van der Waals surface area contributed by atoms with E-state index in [1.165, 1.54) is 11.8 Å². The van der Waals surface area contributed by atoms with Crippen molar-refractivity contribution in [2.24, 2.45) is 4.99 Å². The lowest BCUT2D eigenvalue weighted by atomic mass is 10.1. The van der Waals surface area contributed by atoms with Gasteiger partial charge in [-0.15, -0.1) is 0 Å². The highest BCUT2D eigenvalue weighted by molar-refractivity contribution is 8.18. The molecule has 3 aliphatic rings. The number of aliphatic imine (C=N–C) groups is 1. The van der Waals surface area contributed by atoms with E-state index in [1.807, 2.05) is 30.4 Å². The number of rotatable bonds is 2. The highest BCUT2D eigenvalue weighted by Gasteiger charge is 2.27. The second-order valence-electron chi connectivity index (χ2n) is 5.80. The molecule has 0 bridgehead atoms. The van der Waals surface area contributed by atoms with Gasteiger partial charge in [0.15, 0.2) is 16.7 Å². The highest BCUT2D eigenvalue weighted by Crippen LogP contribution is 2.37. The number of ether oxygens (including phenoxy) is 3. The summed E-state index contributed by atoms with van der Waals surface area (Å²) in [5, 5.41) is 0.763. The quantitative estimate of drug-likeness (QED) is 0.756. The molecule has 3 aliphatic heterocycles. The van der Waals surface area contributed by atoms with Crippen molar-refractivity contribution < 1.29 is 19.0 Å². The van der Waals surface area contributed by atoms with Gasteiger partial charge in [0.1, 0.15) is 6.61 Å². The Morgan fingerprint density at radius 3 is 2.96 bits per heavy atom. The van der Waals surface area contributed by atoms with Crippen molar-refractivity contribution in [3.05, 3.63) is 40.3 Å². The smallest absolute Gasteiger partial charge is 0.286 e. The molecule has 1 saturated heterocycles. The van der Waals surface area contributed by atoms with Gasteiger partial charge in [-0.2, -0.15) is 4.99 Å². The van der Waals surface area contributed by atoms with Crippen LogP contribution < -0.4 is 9.47 Å². The molecule has 0 spiro atoms. The molecule has 1 fully saturated rings. The maximum Gasteiger partial charge on any atom is 0.286 e. The van der Waals surface area contributed by atoms with Gasteiger partial charge in [-0.05, 0) is 35.6 Å². The Labute approximate surface area is 150 Å². The third-order valence-corrected chi connectivity index (χ3v) is 5.21. The number of carbonyl (C=O) groups excluding carboxylic acids is 1. The summed E-state index contributed by atoms with van der Waals surface area (Å²) in [6.07, 6.45) is 3.89. The topological polar surface area (TPSA) is 60.4 Å². The second kappa shape index (κ2) is 6.93. The minimum atomic E-state index is -0.191. The van der Waals surface area contributed by atoms with E-state index < -0.39 is 0 Å². The van der Waals surface area contributed by atoms with Crippen LogP contribution in [0.2, 0.25) is 0 Å². The van der Waals surface area contributed by atoms with Gasteiger partial charge in [-0.1, -0.05) is 12.1 Å². The van der Waals surface area contributed by atoms with Crippen molar-refractivity contribution in [3.8, 4) is 11.5 Å². The van der Waals surface area contributed by atoms with Crippen LogP contribution in [0.25, 0.3) is 6.08 Å². The first-order chi connectivity index (χ1) is 12.2. The predicted molar refractivity (Wildman–Crippen MR) is 97.0 cm³/mol. The number of carbonyl (C=O) groups is 1. The standard InChI is InChI=1S/C18H18N2O4S/c1-22-14-4-2-3-13-9-12(11-24-16(13)14)10-15-17(21)19-18(25-15)20-5-7-23-8-6-20/h2-4,9-10H,5-8,11H2,1H3/b15-10-. The van der Waals surface area contributed by atoms with Crippen LogP contribution in [-0.2, 0) is 9.53 Å². The minimum Gasteiger partial charge on any atom is -0.493 e. The molecule has 0 unspecified atom stereocenters. The van der Waals surface area contributed by atoms with E-state index >= 15 is 0 Å². The highest BCUT2D eigenvalue weighted by atomic mass is 32.2. The first-order valence-corrected chi connectivity index (χ1v) is 8.92. The Balaban J connectivity index is 1.53. The number of amidine groups is 1. The Kier molecular flexibility index (Phi) is 4.50. The van der Waals surface area contributed by atoms with Crippen molar-refractivity contribution >= 4 is 28.9 Å². The van der Waals surface area contributed by atoms with Crippen molar-refractivity contribution in [1.29, 1.82) is 0 Å². The van der Waals surface area contributed by atoms with E-state index in [0.717, 1.165) is 35.1 Å². The molecular weight excluding hydrogens is 340 g/mol. The molecule has 0 radical (unpaired) electrons. The molecule has 0 atom stereocenters. The van der Waals surface area contributed by atoms with Gasteiger partial charge in [0.2, 0.25) is 0 Å². The van der Waals surface area contributed by atoms with Crippen molar-refractivity contribution in [3.63, 3.8) is 0 Å². The Morgan fingerprint density at radius 1 is 1.32 bits per heavy atom. The summed E-state index contributed by atoms with van der Waals surface area (Å²) in [5.74, 6) is 1.26. The normalized spacial score (nSPS) is 21.6. The van der Waals surface area contributed by atoms with Crippen molar-refractivity contribution in [2.45, 2.75) is 0 Å². The van der Waals surface area contributed by atoms with Crippen molar-refractivity contribution in [1.82, 2.24) is 4.90 Å². The van der Waals surface area contributed by atoms with Crippen LogP contribution in [0, 0.1) is 0 Å². The van der Waals surface area contributed by atoms with Crippen LogP contribution in [0.4, 0.5) is 0 Å². The van der Waals surface area contributed by atoms with Crippen LogP contribution in [0.5, 0.6) is 11.5 Å². The summed E-state index contributed by atoms with van der Waals surface area (Å²) in [5.41, 5.74) is 1.89. The largest absolute Gasteiger partial charge is 0.493 e. The SMILES string of the molecule is COc1cccc2c1OCC(/C=C1\SC(N3CCOCC3)=NC1=O)=C2. The molecule has 0 aromatic heterocycles. The average molecular weight is 358 g/mol. The van der Waals surface area contributed by atoms with Gasteiger partial charge in [0.05, 0.1) is 25.2 Å². The summed E-state index contributed by atoms with van der Waals surface area (Å²) in [7, 11) is 1.62. The van der Waals surface area contributed by atoms with Crippen LogP contribution >= 0.6 is 11.8 Å². The maximum absolute atomic E-state index is 12.2. The second-order valence-corrected chi connectivity index (χ2v) is 6.81. The fourth-order valence-electron chi connectivity index (χ4n) is 2.90. The summed E-state index contributed by atoms with van der Waals surface area (Å²) in [6, 6.07) is 5.76. The zero-order chi connectivity index (χ0) is 17.2. The molecule has 1 amide bonds. The van der Waals surface area contributed by atoms with E-state index in [4.69, 9.17) is 14.2 Å². The summed E-state index contributed by atoms with van der Waals surface area (Å²) in [4.78, 5) is 19.1. The monoisotopic (exact) mass is 358 g/mol. The molecule has 1 aromatic carbocycles. The van der Waals surface area contributed by atoms with Gasteiger partial charge >= 0.3 is 0 Å². The molecule has 0 aliphatic carbocycles. The van der Waals surface area contributed by atoms with Gasteiger partial charge < -0.3 is 19.1 Å². The van der Waals surface area contributed by atoms with Gasteiger partial charge in [-0.3, -0.25) is 4.79 Å². The lowest BCUT2D eigenvalue weighted by Gasteiger charge is -2.27. The zero-order valence-corrected chi connectivity index (χ0v) is 14.7. The number of amides is 1. The first-order valence-electron chi connectivity index (χ1n) is 8.10. The Morgan fingerprint density at radius 2 is 2.16 bits per heavy atom. The third kappa shape index (κ3) is 3.29. The summed E-state index contributed by atoms with van der Waals surface area (Å²) >= 11 is 1.42. The molecule has 0 saturated carbocycles. The molecule has 1 aromatic rings. The molecule has 0 N–H and O–H groups in total. The van der Waals surface area contributed by atoms with Crippen molar-refractivity contribution in [2.75, 3.05) is 40.0 Å². The molecule has 6 nitrogen and oxygen atoms in total. The van der Waals surface area contributed by atoms with E-state index in [0.29, 0.717) is 30.5 Å². The molecule has 130 valence electrons. The van der Waals surface area contributed by atoms with Gasteiger partial charge in [0, 0.05) is 18.7 Å². The van der Waals surface area contributed by atoms with Crippen LogP contribution in [0.3, 0.4) is 0 Å². The summed E-state index contributed by atoms with van der Waals surface area (Å²) in [6.45, 7) is 3.28. The van der Waals surface area contributed by atoms with Crippen LogP contribution in [0.1, 0.15) is 5.56 Å². The van der Waals surface area contributed by atoms with E-state index in [9.17, 15) is 4.79 Å². The molecule has 7 heteroatoms.